The Labute approximate surface area is 133 Å². The Morgan fingerprint density at radius 2 is 1.91 bits per heavy atom. The fraction of sp³-hybridized carbons (Fsp3) is 0.312. The monoisotopic (exact) mass is 318 g/mol. The molecular formula is C16H18N2O5. The molecule has 122 valence electrons. The Kier molecular flexibility index (Phi) is 5.00. The molecule has 1 aliphatic rings. The fourth-order valence-electron chi connectivity index (χ4n) is 2.39. The van der Waals surface area contributed by atoms with Gasteiger partial charge < -0.3 is 9.47 Å². The first-order chi connectivity index (χ1) is 11.0. The fourth-order valence-corrected chi connectivity index (χ4v) is 2.39. The maximum absolute atomic E-state index is 12.4. The summed E-state index contributed by atoms with van der Waals surface area (Å²) in [6.07, 6.45) is 1.59. The van der Waals surface area contributed by atoms with E-state index in [9.17, 15) is 14.4 Å². The van der Waals surface area contributed by atoms with Gasteiger partial charge in [0.2, 0.25) is 11.8 Å². The molecule has 1 heterocycles. The van der Waals surface area contributed by atoms with Crippen LogP contribution in [-0.4, -0.2) is 43.5 Å². The first-order valence-electron chi connectivity index (χ1n) is 6.99. The number of imide groups is 2. The Morgan fingerprint density at radius 3 is 2.52 bits per heavy atom. The quantitative estimate of drug-likeness (QED) is 0.628. The number of carbonyl (C=O) groups excluding carboxylic acids is 3. The molecule has 0 aromatic heterocycles. The van der Waals surface area contributed by atoms with Crippen LogP contribution in [-0.2, 0) is 16.0 Å². The molecule has 1 saturated heterocycles. The van der Waals surface area contributed by atoms with Crippen molar-refractivity contribution in [1.29, 1.82) is 0 Å². The highest BCUT2D eigenvalue weighted by Crippen LogP contribution is 2.29. The summed E-state index contributed by atoms with van der Waals surface area (Å²) in [5.74, 6) is -1.04. The molecule has 0 bridgehead atoms. The lowest BCUT2D eigenvalue weighted by molar-refractivity contribution is -0.142. The van der Waals surface area contributed by atoms with Gasteiger partial charge in [-0.15, -0.1) is 6.58 Å². The van der Waals surface area contributed by atoms with Gasteiger partial charge in [-0.25, -0.2) is 4.79 Å². The average molecular weight is 318 g/mol. The summed E-state index contributed by atoms with van der Waals surface area (Å²) in [5.41, 5.74) is 0.726. The van der Waals surface area contributed by atoms with Crippen LogP contribution < -0.4 is 14.8 Å². The normalized spacial score (nSPS) is 17.7. The molecule has 0 radical (unpaired) electrons. The molecule has 2 rings (SSSR count). The van der Waals surface area contributed by atoms with Gasteiger partial charge in [-0.05, 0) is 24.1 Å². The molecule has 7 heteroatoms. The van der Waals surface area contributed by atoms with Crippen LogP contribution in [0.2, 0.25) is 0 Å². The molecule has 23 heavy (non-hydrogen) atoms. The first kappa shape index (κ1) is 16.5. The number of barbiturate groups is 1. The van der Waals surface area contributed by atoms with E-state index in [1.165, 1.54) is 20.3 Å². The predicted molar refractivity (Wildman–Crippen MR) is 82.2 cm³/mol. The van der Waals surface area contributed by atoms with Crippen LogP contribution in [0.5, 0.6) is 11.5 Å². The topological polar surface area (TPSA) is 84.9 Å². The van der Waals surface area contributed by atoms with Crippen LogP contribution in [0.15, 0.2) is 30.9 Å². The van der Waals surface area contributed by atoms with Crippen LogP contribution in [0.1, 0.15) is 5.56 Å². The second-order valence-electron chi connectivity index (χ2n) is 4.98. The highest BCUT2D eigenvalue weighted by atomic mass is 16.5. The summed E-state index contributed by atoms with van der Waals surface area (Å²) in [4.78, 5) is 37.0. The minimum absolute atomic E-state index is 0.0559. The minimum Gasteiger partial charge on any atom is -0.493 e. The van der Waals surface area contributed by atoms with E-state index < -0.39 is 23.8 Å². The summed E-state index contributed by atoms with van der Waals surface area (Å²) in [7, 11) is 3.03. The van der Waals surface area contributed by atoms with Crippen molar-refractivity contribution in [2.45, 2.75) is 6.42 Å². The molecule has 7 nitrogen and oxygen atoms in total. The van der Waals surface area contributed by atoms with Gasteiger partial charge in [0, 0.05) is 6.54 Å². The van der Waals surface area contributed by atoms with E-state index >= 15 is 0 Å². The molecule has 1 aliphatic heterocycles. The van der Waals surface area contributed by atoms with Crippen molar-refractivity contribution in [3.63, 3.8) is 0 Å². The summed E-state index contributed by atoms with van der Waals surface area (Å²) in [5, 5.41) is 2.19. The maximum atomic E-state index is 12.4. The SMILES string of the molecule is C=CCN1C(=O)NC(=O)[C@@H](Cc2ccc(OC)c(OC)c2)C1=O. The number of urea groups is 1. The van der Waals surface area contributed by atoms with Gasteiger partial charge in [-0.1, -0.05) is 12.1 Å². The van der Waals surface area contributed by atoms with Crippen LogP contribution >= 0.6 is 0 Å². The van der Waals surface area contributed by atoms with E-state index in [1.807, 2.05) is 0 Å². The zero-order chi connectivity index (χ0) is 17.0. The van der Waals surface area contributed by atoms with Gasteiger partial charge in [-0.3, -0.25) is 19.8 Å². The summed E-state index contributed by atoms with van der Waals surface area (Å²) in [6, 6.07) is 4.43. The number of rotatable bonds is 6. The molecule has 0 aliphatic carbocycles. The molecule has 0 spiro atoms. The van der Waals surface area contributed by atoms with Gasteiger partial charge in [0.25, 0.3) is 0 Å². The summed E-state index contributed by atoms with van der Waals surface area (Å²) < 4.78 is 10.4. The van der Waals surface area contributed by atoms with E-state index in [0.29, 0.717) is 11.5 Å². The summed E-state index contributed by atoms with van der Waals surface area (Å²) in [6.45, 7) is 3.56. The lowest BCUT2D eigenvalue weighted by Gasteiger charge is -2.29. The molecule has 1 aromatic carbocycles. The zero-order valence-electron chi connectivity index (χ0n) is 13.0. The average Bonchev–Trinajstić information content (AvgIpc) is 2.55. The first-order valence-corrected chi connectivity index (χ1v) is 6.99. The predicted octanol–water partition coefficient (Wildman–Crippen LogP) is 1.13. The van der Waals surface area contributed by atoms with Crippen LogP contribution in [0.3, 0.4) is 0 Å². The number of nitrogens with zero attached hydrogens (tertiary/aromatic N) is 1. The number of nitrogens with one attached hydrogen (secondary N) is 1. The highest BCUT2D eigenvalue weighted by Gasteiger charge is 2.39. The van der Waals surface area contributed by atoms with E-state index in [1.54, 1.807) is 18.2 Å². The molecular weight excluding hydrogens is 300 g/mol. The van der Waals surface area contributed by atoms with Gasteiger partial charge in [-0.2, -0.15) is 0 Å². The molecule has 4 amide bonds. The van der Waals surface area contributed by atoms with Gasteiger partial charge in [0.15, 0.2) is 11.5 Å². The molecule has 1 atom stereocenters. The number of benzene rings is 1. The van der Waals surface area contributed by atoms with E-state index in [-0.39, 0.29) is 13.0 Å². The van der Waals surface area contributed by atoms with Crippen LogP contribution in [0.4, 0.5) is 4.79 Å². The third kappa shape index (κ3) is 3.33. The molecule has 1 N–H and O–H groups in total. The van der Waals surface area contributed by atoms with Crippen molar-refractivity contribution in [3.8, 4) is 11.5 Å². The lowest BCUT2D eigenvalue weighted by atomic mass is 9.95. The van der Waals surface area contributed by atoms with E-state index in [4.69, 9.17) is 9.47 Å². The Hall–Kier alpha value is -2.83. The second-order valence-corrected chi connectivity index (χ2v) is 4.98. The van der Waals surface area contributed by atoms with E-state index in [2.05, 4.69) is 11.9 Å². The molecule has 1 fully saturated rings. The second kappa shape index (κ2) is 6.95. The number of methoxy groups -OCH3 is 2. The molecule has 0 saturated carbocycles. The Morgan fingerprint density at radius 1 is 1.22 bits per heavy atom. The van der Waals surface area contributed by atoms with Gasteiger partial charge in [0.05, 0.1) is 14.2 Å². The van der Waals surface area contributed by atoms with Crippen molar-refractivity contribution in [3.05, 3.63) is 36.4 Å². The largest absolute Gasteiger partial charge is 0.493 e. The third-order valence-electron chi connectivity index (χ3n) is 3.56. The van der Waals surface area contributed by atoms with E-state index in [0.717, 1.165) is 10.5 Å². The maximum Gasteiger partial charge on any atom is 0.331 e. The van der Waals surface area contributed by atoms with Gasteiger partial charge in [0.1, 0.15) is 5.92 Å². The third-order valence-corrected chi connectivity index (χ3v) is 3.56. The highest BCUT2D eigenvalue weighted by molar-refractivity contribution is 6.16. The number of hydrogen-bond acceptors (Lipinski definition) is 5. The minimum atomic E-state index is -0.967. The van der Waals surface area contributed by atoms with Crippen molar-refractivity contribution >= 4 is 17.8 Å². The smallest absolute Gasteiger partial charge is 0.331 e. The number of amides is 4. The number of ether oxygens (including phenoxy) is 2. The van der Waals surface area contributed by atoms with Gasteiger partial charge >= 0.3 is 6.03 Å². The molecule has 1 aromatic rings. The number of carbonyl (C=O) groups is 3. The van der Waals surface area contributed by atoms with Crippen molar-refractivity contribution in [1.82, 2.24) is 10.2 Å². The van der Waals surface area contributed by atoms with Crippen molar-refractivity contribution in [2.24, 2.45) is 5.92 Å². The zero-order valence-corrected chi connectivity index (χ0v) is 13.0. The van der Waals surface area contributed by atoms with Crippen molar-refractivity contribution in [2.75, 3.05) is 20.8 Å². The van der Waals surface area contributed by atoms with Crippen LogP contribution in [0.25, 0.3) is 0 Å². The Balaban J connectivity index is 2.24. The van der Waals surface area contributed by atoms with Crippen molar-refractivity contribution < 1.29 is 23.9 Å². The van der Waals surface area contributed by atoms with Crippen LogP contribution in [0, 0.1) is 5.92 Å². The lowest BCUT2D eigenvalue weighted by Crippen LogP contribution is -2.58. The Bertz CT molecular complexity index is 656. The standard InChI is InChI=1S/C16H18N2O5/c1-4-7-18-15(20)11(14(19)17-16(18)21)8-10-5-6-12(22-2)13(9-10)23-3/h4-6,9,11H,1,7-8H2,2-3H3,(H,17,19,21)/t11-/m1/s1. The number of hydrogen-bond donors (Lipinski definition) is 1. The summed E-state index contributed by atoms with van der Waals surface area (Å²) >= 11 is 0. The molecule has 0 unspecified atom stereocenters.